The van der Waals surface area contributed by atoms with Crippen molar-refractivity contribution in [2.75, 3.05) is 11.9 Å². The summed E-state index contributed by atoms with van der Waals surface area (Å²) >= 11 is 6.13. The van der Waals surface area contributed by atoms with Crippen LogP contribution in [0.25, 0.3) is 0 Å². The van der Waals surface area contributed by atoms with Gasteiger partial charge in [-0.05, 0) is 24.1 Å². The molecule has 1 unspecified atom stereocenters. The molecule has 0 saturated heterocycles. The summed E-state index contributed by atoms with van der Waals surface area (Å²) in [6.07, 6.45) is 0.744. The van der Waals surface area contributed by atoms with E-state index in [4.69, 9.17) is 17.3 Å². The summed E-state index contributed by atoms with van der Waals surface area (Å²) in [6, 6.07) is 15.6. The van der Waals surface area contributed by atoms with E-state index in [1.165, 1.54) is 5.56 Å². The maximum Gasteiger partial charge on any atom is 0.0636 e. The van der Waals surface area contributed by atoms with Crippen molar-refractivity contribution in [1.29, 1.82) is 0 Å². The molecule has 0 bridgehead atoms. The Balaban J connectivity index is 2.12. The molecule has 0 heterocycles. The maximum atomic E-state index is 9.55. The van der Waals surface area contributed by atoms with E-state index in [1.54, 1.807) is 0 Å². The predicted octanol–water partition coefficient (Wildman–Crippen LogP) is 2.81. The van der Waals surface area contributed by atoms with Gasteiger partial charge in [-0.15, -0.1) is 0 Å². The monoisotopic (exact) mass is 290 g/mol. The number of halogens is 1. The summed E-state index contributed by atoms with van der Waals surface area (Å²) in [5, 5.41) is 13.5. The maximum absolute atomic E-state index is 9.55. The van der Waals surface area contributed by atoms with E-state index in [1.807, 2.05) is 48.5 Å². The van der Waals surface area contributed by atoms with Gasteiger partial charge in [-0.1, -0.05) is 48.0 Å². The third-order valence-corrected chi connectivity index (χ3v) is 3.58. The Morgan fingerprint density at radius 2 is 1.85 bits per heavy atom. The van der Waals surface area contributed by atoms with Crippen molar-refractivity contribution in [2.45, 2.75) is 19.0 Å². The summed E-state index contributed by atoms with van der Waals surface area (Å²) < 4.78 is 0. The van der Waals surface area contributed by atoms with E-state index in [0.29, 0.717) is 11.6 Å². The molecule has 2 aromatic carbocycles. The van der Waals surface area contributed by atoms with Crippen molar-refractivity contribution >= 4 is 17.3 Å². The lowest BCUT2D eigenvalue weighted by Gasteiger charge is -2.20. The van der Waals surface area contributed by atoms with Crippen LogP contribution in [0, 0.1) is 0 Å². The molecular formula is C16H19ClN2O. The zero-order chi connectivity index (χ0) is 14.4. The van der Waals surface area contributed by atoms with Crippen molar-refractivity contribution in [3.63, 3.8) is 0 Å². The molecule has 2 rings (SSSR count). The second-order valence-electron chi connectivity index (χ2n) is 4.68. The average Bonchev–Trinajstić information content (AvgIpc) is 2.48. The number of benzene rings is 2. The Bertz CT molecular complexity index is 545. The SMILES string of the molecule is NCc1c(Cl)cccc1NC(CO)Cc1ccccc1. The van der Waals surface area contributed by atoms with Gasteiger partial charge in [0.25, 0.3) is 0 Å². The van der Waals surface area contributed by atoms with Crippen LogP contribution in [-0.2, 0) is 13.0 Å². The predicted molar refractivity (Wildman–Crippen MR) is 84.0 cm³/mol. The number of nitrogens with two attached hydrogens (primary N) is 1. The molecular weight excluding hydrogens is 272 g/mol. The van der Waals surface area contributed by atoms with Crippen LogP contribution < -0.4 is 11.1 Å². The highest BCUT2D eigenvalue weighted by molar-refractivity contribution is 6.31. The molecule has 1 atom stereocenters. The van der Waals surface area contributed by atoms with Gasteiger partial charge in [0, 0.05) is 22.8 Å². The average molecular weight is 291 g/mol. The zero-order valence-electron chi connectivity index (χ0n) is 11.2. The Kier molecular flexibility index (Phi) is 5.41. The van der Waals surface area contributed by atoms with Gasteiger partial charge in [0.1, 0.15) is 0 Å². The normalized spacial score (nSPS) is 12.2. The van der Waals surface area contributed by atoms with E-state index in [2.05, 4.69) is 5.32 Å². The Labute approximate surface area is 124 Å². The first-order chi connectivity index (χ1) is 9.74. The Hall–Kier alpha value is -1.55. The number of rotatable bonds is 6. The fourth-order valence-corrected chi connectivity index (χ4v) is 2.43. The largest absolute Gasteiger partial charge is 0.394 e. The Morgan fingerprint density at radius 1 is 1.10 bits per heavy atom. The van der Waals surface area contributed by atoms with Gasteiger partial charge in [-0.25, -0.2) is 0 Å². The molecule has 0 saturated carbocycles. The molecule has 0 aliphatic carbocycles. The molecule has 0 aliphatic rings. The molecule has 4 N–H and O–H groups in total. The molecule has 0 aliphatic heterocycles. The molecule has 20 heavy (non-hydrogen) atoms. The number of hydrogen-bond acceptors (Lipinski definition) is 3. The number of anilines is 1. The quantitative estimate of drug-likeness (QED) is 0.767. The van der Waals surface area contributed by atoms with E-state index < -0.39 is 0 Å². The smallest absolute Gasteiger partial charge is 0.0636 e. The fraction of sp³-hybridized carbons (Fsp3) is 0.250. The van der Waals surface area contributed by atoms with Crippen molar-refractivity contribution in [1.82, 2.24) is 0 Å². The van der Waals surface area contributed by atoms with E-state index in [-0.39, 0.29) is 12.6 Å². The molecule has 2 aromatic rings. The molecule has 0 aromatic heterocycles. The second kappa shape index (κ2) is 7.29. The second-order valence-corrected chi connectivity index (χ2v) is 5.09. The summed E-state index contributed by atoms with van der Waals surface area (Å²) in [5.74, 6) is 0. The molecule has 0 spiro atoms. The fourth-order valence-electron chi connectivity index (χ4n) is 2.18. The summed E-state index contributed by atoms with van der Waals surface area (Å²) in [4.78, 5) is 0. The lowest BCUT2D eigenvalue weighted by Crippen LogP contribution is -2.27. The molecule has 0 amide bonds. The van der Waals surface area contributed by atoms with Crippen LogP contribution in [0.1, 0.15) is 11.1 Å². The van der Waals surface area contributed by atoms with Gasteiger partial charge >= 0.3 is 0 Å². The first kappa shape index (κ1) is 14.9. The summed E-state index contributed by atoms with van der Waals surface area (Å²) in [7, 11) is 0. The molecule has 0 radical (unpaired) electrons. The third kappa shape index (κ3) is 3.73. The van der Waals surface area contributed by atoms with Crippen LogP contribution in [0.4, 0.5) is 5.69 Å². The van der Waals surface area contributed by atoms with Crippen LogP contribution in [-0.4, -0.2) is 17.8 Å². The van der Waals surface area contributed by atoms with Gasteiger partial charge < -0.3 is 16.2 Å². The summed E-state index contributed by atoms with van der Waals surface area (Å²) in [6.45, 7) is 0.414. The van der Waals surface area contributed by atoms with Gasteiger partial charge in [-0.2, -0.15) is 0 Å². The lowest BCUT2D eigenvalue weighted by atomic mass is 10.1. The first-order valence-electron chi connectivity index (χ1n) is 6.63. The highest BCUT2D eigenvalue weighted by Gasteiger charge is 2.12. The Morgan fingerprint density at radius 3 is 2.50 bits per heavy atom. The topological polar surface area (TPSA) is 58.3 Å². The third-order valence-electron chi connectivity index (χ3n) is 3.23. The van der Waals surface area contributed by atoms with Gasteiger partial charge in [0.15, 0.2) is 0 Å². The van der Waals surface area contributed by atoms with Crippen LogP contribution in [0.15, 0.2) is 48.5 Å². The molecule has 4 heteroatoms. The highest BCUT2D eigenvalue weighted by atomic mass is 35.5. The number of nitrogens with one attached hydrogen (secondary N) is 1. The molecule has 3 nitrogen and oxygen atoms in total. The van der Waals surface area contributed by atoms with Crippen molar-refractivity contribution < 1.29 is 5.11 Å². The van der Waals surface area contributed by atoms with E-state index in [9.17, 15) is 5.11 Å². The molecule has 0 fully saturated rings. The minimum atomic E-state index is -0.0684. The number of aliphatic hydroxyl groups is 1. The van der Waals surface area contributed by atoms with Gasteiger partial charge in [0.05, 0.1) is 12.6 Å². The van der Waals surface area contributed by atoms with E-state index in [0.717, 1.165) is 17.7 Å². The van der Waals surface area contributed by atoms with Crippen LogP contribution in [0.5, 0.6) is 0 Å². The number of aliphatic hydroxyl groups excluding tert-OH is 1. The minimum absolute atomic E-state index is 0.0470. The van der Waals surface area contributed by atoms with E-state index >= 15 is 0 Å². The van der Waals surface area contributed by atoms with Crippen LogP contribution in [0.3, 0.4) is 0 Å². The molecule has 106 valence electrons. The highest BCUT2D eigenvalue weighted by Crippen LogP contribution is 2.24. The van der Waals surface area contributed by atoms with Crippen molar-refractivity contribution in [2.24, 2.45) is 5.73 Å². The van der Waals surface area contributed by atoms with Gasteiger partial charge in [0.2, 0.25) is 0 Å². The van der Waals surface area contributed by atoms with Crippen LogP contribution >= 0.6 is 11.6 Å². The standard InChI is InChI=1S/C16H19ClN2O/c17-15-7-4-8-16(14(15)10-18)19-13(11-20)9-12-5-2-1-3-6-12/h1-8,13,19-20H,9-11,18H2. The summed E-state index contributed by atoms with van der Waals surface area (Å²) in [5.41, 5.74) is 8.67. The van der Waals surface area contributed by atoms with Crippen molar-refractivity contribution in [3.05, 3.63) is 64.7 Å². The zero-order valence-corrected chi connectivity index (χ0v) is 12.0. The first-order valence-corrected chi connectivity index (χ1v) is 7.01. The van der Waals surface area contributed by atoms with Crippen LogP contribution in [0.2, 0.25) is 5.02 Å². The van der Waals surface area contributed by atoms with Gasteiger partial charge in [-0.3, -0.25) is 0 Å². The lowest BCUT2D eigenvalue weighted by molar-refractivity contribution is 0.273. The minimum Gasteiger partial charge on any atom is -0.394 e. The number of hydrogen-bond donors (Lipinski definition) is 3. The van der Waals surface area contributed by atoms with Crippen molar-refractivity contribution in [3.8, 4) is 0 Å².